The Hall–Kier alpha value is -0.680. The number of benzene rings is 1. The van der Waals surface area contributed by atoms with Crippen molar-refractivity contribution in [3.05, 3.63) is 33.8 Å². The van der Waals surface area contributed by atoms with Gasteiger partial charge in [0.15, 0.2) is 5.78 Å². The summed E-state index contributed by atoms with van der Waals surface area (Å²) in [5.41, 5.74) is 1.58. The molecule has 0 aliphatic carbocycles. The highest BCUT2D eigenvalue weighted by molar-refractivity contribution is 9.10. The van der Waals surface area contributed by atoms with Gasteiger partial charge in [0, 0.05) is 22.7 Å². The summed E-state index contributed by atoms with van der Waals surface area (Å²) in [5, 5.41) is 0. The Morgan fingerprint density at radius 2 is 2.00 bits per heavy atom. The van der Waals surface area contributed by atoms with Crippen molar-refractivity contribution < 1.29 is 13.2 Å². The van der Waals surface area contributed by atoms with Crippen LogP contribution in [0.5, 0.6) is 0 Å². The van der Waals surface area contributed by atoms with Crippen LogP contribution in [0.4, 0.5) is 0 Å². The smallest absolute Gasteiger partial charge is 0.163 e. The molecule has 5 heteroatoms. The molecule has 0 N–H and O–H groups in total. The van der Waals surface area contributed by atoms with Crippen LogP contribution in [0, 0.1) is 6.92 Å². The van der Waals surface area contributed by atoms with Crippen molar-refractivity contribution in [2.45, 2.75) is 13.3 Å². The number of sulfone groups is 1. The van der Waals surface area contributed by atoms with Gasteiger partial charge < -0.3 is 0 Å². The Kier molecular flexibility index (Phi) is 4.27. The van der Waals surface area contributed by atoms with E-state index in [-0.39, 0.29) is 18.0 Å². The molecule has 1 aromatic rings. The fourth-order valence-corrected chi connectivity index (χ4v) is 2.12. The van der Waals surface area contributed by atoms with E-state index in [0.29, 0.717) is 5.56 Å². The van der Waals surface area contributed by atoms with Crippen LogP contribution in [0.3, 0.4) is 0 Å². The van der Waals surface area contributed by atoms with Gasteiger partial charge in [-0.05, 0) is 18.6 Å². The number of Topliss-reactive ketones (excluding diaryl/α,β-unsaturated/α-hetero) is 1. The average Bonchev–Trinajstić information content (AvgIpc) is 2.17. The van der Waals surface area contributed by atoms with Crippen molar-refractivity contribution in [2.75, 3.05) is 12.0 Å². The maximum absolute atomic E-state index is 11.7. The molecule has 0 aromatic heterocycles. The van der Waals surface area contributed by atoms with Crippen LogP contribution in [0.25, 0.3) is 0 Å². The molecule has 0 fully saturated rings. The number of hydrogen-bond acceptors (Lipinski definition) is 3. The van der Waals surface area contributed by atoms with E-state index in [0.717, 1.165) is 16.3 Å². The first-order valence-corrected chi connectivity index (χ1v) is 7.62. The molecule has 0 radical (unpaired) electrons. The molecule has 0 atom stereocenters. The Bertz CT molecular complexity index is 506. The third-order valence-corrected chi connectivity index (χ3v) is 3.99. The molecule has 0 aliphatic heterocycles. The lowest BCUT2D eigenvalue weighted by Gasteiger charge is -2.03. The number of hydrogen-bond donors (Lipinski definition) is 0. The van der Waals surface area contributed by atoms with Crippen molar-refractivity contribution >= 4 is 31.6 Å². The quantitative estimate of drug-likeness (QED) is 0.803. The second-order valence-corrected chi connectivity index (χ2v) is 6.88. The molecule has 3 nitrogen and oxygen atoms in total. The number of carbonyl (C=O) groups excluding carboxylic acids is 1. The van der Waals surface area contributed by atoms with Gasteiger partial charge in [-0.25, -0.2) is 8.42 Å². The van der Waals surface area contributed by atoms with E-state index in [9.17, 15) is 13.2 Å². The zero-order valence-electron chi connectivity index (χ0n) is 9.16. The molecule has 88 valence electrons. The topological polar surface area (TPSA) is 51.2 Å². The van der Waals surface area contributed by atoms with Gasteiger partial charge in [-0.15, -0.1) is 0 Å². The maximum Gasteiger partial charge on any atom is 0.163 e. The molecular formula is C11H13BrO3S. The van der Waals surface area contributed by atoms with Crippen molar-refractivity contribution in [1.82, 2.24) is 0 Å². The van der Waals surface area contributed by atoms with Crippen molar-refractivity contribution in [1.29, 1.82) is 0 Å². The van der Waals surface area contributed by atoms with E-state index in [2.05, 4.69) is 15.9 Å². The van der Waals surface area contributed by atoms with Crippen molar-refractivity contribution in [3.8, 4) is 0 Å². The first-order valence-electron chi connectivity index (χ1n) is 4.76. The van der Waals surface area contributed by atoms with Gasteiger partial charge in [-0.3, -0.25) is 4.79 Å². The lowest BCUT2D eigenvalue weighted by Crippen LogP contribution is -2.09. The van der Waals surface area contributed by atoms with E-state index < -0.39 is 9.84 Å². The summed E-state index contributed by atoms with van der Waals surface area (Å²) in [4.78, 5) is 11.7. The summed E-state index contributed by atoms with van der Waals surface area (Å²) in [7, 11) is -3.08. The summed E-state index contributed by atoms with van der Waals surface area (Å²) in [6.07, 6.45) is 1.17. The molecule has 1 aromatic carbocycles. The second-order valence-electron chi connectivity index (χ2n) is 3.77. The van der Waals surface area contributed by atoms with E-state index in [1.807, 2.05) is 13.0 Å². The molecule has 0 unspecified atom stereocenters. The minimum Gasteiger partial charge on any atom is -0.294 e. The molecule has 0 amide bonds. The third-order valence-electron chi connectivity index (χ3n) is 2.19. The zero-order chi connectivity index (χ0) is 12.3. The molecule has 0 saturated carbocycles. The maximum atomic E-state index is 11.7. The van der Waals surface area contributed by atoms with E-state index in [1.54, 1.807) is 12.1 Å². The van der Waals surface area contributed by atoms with Crippen LogP contribution in [0.1, 0.15) is 22.3 Å². The van der Waals surface area contributed by atoms with Crippen LogP contribution in [-0.4, -0.2) is 26.2 Å². The summed E-state index contributed by atoms with van der Waals surface area (Å²) < 4.78 is 22.7. The Morgan fingerprint density at radius 3 is 2.50 bits per heavy atom. The SMILES string of the molecule is Cc1ccc(C(=O)CCS(C)(=O)=O)cc1Br. The van der Waals surface area contributed by atoms with Crippen LogP contribution in [0.15, 0.2) is 22.7 Å². The van der Waals surface area contributed by atoms with Gasteiger partial charge in [0.05, 0.1) is 5.75 Å². The van der Waals surface area contributed by atoms with Gasteiger partial charge in [0.1, 0.15) is 9.84 Å². The summed E-state index contributed by atoms with van der Waals surface area (Å²) in [5.74, 6) is -0.247. The monoisotopic (exact) mass is 304 g/mol. The molecule has 0 spiro atoms. The van der Waals surface area contributed by atoms with E-state index in [1.165, 1.54) is 0 Å². The molecule has 0 bridgehead atoms. The largest absolute Gasteiger partial charge is 0.294 e. The number of rotatable bonds is 4. The highest BCUT2D eigenvalue weighted by Gasteiger charge is 2.11. The minimum absolute atomic E-state index is 0.0360. The lowest BCUT2D eigenvalue weighted by atomic mass is 10.1. The highest BCUT2D eigenvalue weighted by atomic mass is 79.9. The Balaban J connectivity index is 2.78. The van der Waals surface area contributed by atoms with Crippen LogP contribution < -0.4 is 0 Å². The van der Waals surface area contributed by atoms with Gasteiger partial charge in [0.2, 0.25) is 0 Å². The molecule has 0 saturated heterocycles. The van der Waals surface area contributed by atoms with Gasteiger partial charge in [-0.2, -0.15) is 0 Å². The van der Waals surface area contributed by atoms with Gasteiger partial charge in [-0.1, -0.05) is 28.1 Å². The predicted molar refractivity (Wildman–Crippen MR) is 67.5 cm³/mol. The van der Waals surface area contributed by atoms with Crippen LogP contribution >= 0.6 is 15.9 Å². The molecular weight excluding hydrogens is 292 g/mol. The zero-order valence-corrected chi connectivity index (χ0v) is 11.6. The number of ketones is 1. The number of aryl methyl sites for hydroxylation is 1. The van der Waals surface area contributed by atoms with Gasteiger partial charge >= 0.3 is 0 Å². The molecule has 16 heavy (non-hydrogen) atoms. The summed E-state index contributed by atoms with van der Waals surface area (Å²) in [6, 6.07) is 5.27. The number of carbonyl (C=O) groups is 1. The first kappa shape index (κ1) is 13.4. The van der Waals surface area contributed by atoms with Crippen LogP contribution in [-0.2, 0) is 9.84 Å². The van der Waals surface area contributed by atoms with Crippen molar-refractivity contribution in [2.24, 2.45) is 0 Å². The Morgan fingerprint density at radius 1 is 1.38 bits per heavy atom. The van der Waals surface area contributed by atoms with E-state index >= 15 is 0 Å². The van der Waals surface area contributed by atoms with Gasteiger partial charge in [0.25, 0.3) is 0 Å². The minimum atomic E-state index is -3.08. The normalized spacial score (nSPS) is 11.4. The molecule has 0 heterocycles. The summed E-state index contributed by atoms with van der Waals surface area (Å²) in [6.45, 7) is 1.93. The molecule has 0 aliphatic rings. The van der Waals surface area contributed by atoms with Crippen LogP contribution in [0.2, 0.25) is 0 Å². The fourth-order valence-electron chi connectivity index (χ4n) is 1.19. The summed E-state index contributed by atoms with van der Waals surface area (Å²) >= 11 is 3.33. The highest BCUT2D eigenvalue weighted by Crippen LogP contribution is 2.18. The average molecular weight is 305 g/mol. The van der Waals surface area contributed by atoms with E-state index in [4.69, 9.17) is 0 Å². The standard InChI is InChI=1S/C11H13BrO3S/c1-8-3-4-9(7-10(8)12)11(13)5-6-16(2,14)15/h3-4,7H,5-6H2,1-2H3. The first-order chi connectivity index (χ1) is 7.29. The lowest BCUT2D eigenvalue weighted by molar-refractivity contribution is 0.0988. The molecule has 1 rings (SSSR count). The predicted octanol–water partition coefficient (Wildman–Crippen LogP) is 2.37. The third kappa shape index (κ3) is 4.06. The second kappa shape index (κ2) is 5.10. The van der Waals surface area contributed by atoms with Crippen molar-refractivity contribution in [3.63, 3.8) is 0 Å². The fraction of sp³-hybridized carbons (Fsp3) is 0.364. The Labute approximate surface area is 104 Å². The number of halogens is 1.